The van der Waals surface area contributed by atoms with Crippen LogP contribution < -0.4 is 5.32 Å². The van der Waals surface area contributed by atoms with Crippen LogP contribution in [0.1, 0.15) is 36.6 Å². The predicted molar refractivity (Wildman–Crippen MR) is 119 cm³/mol. The number of rotatable bonds is 4. The van der Waals surface area contributed by atoms with Gasteiger partial charge in [-0.15, -0.1) is 10.2 Å². The first-order valence-electron chi connectivity index (χ1n) is 10.2. The number of fused-ring (bicyclic) bond motifs is 3. The summed E-state index contributed by atoms with van der Waals surface area (Å²) in [5.41, 5.74) is 5.69. The van der Waals surface area contributed by atoms with Gasteiger partial charge in [-0.1, -0.05) is 17.7 Å². The van der Waals surface area contributed by atoms with Crippen LogP contribution >= 0.6 is 11.6 Å². The molecule has 1 unspecified atom stereocenters. The van der Waals surface area contributed by atoms with Crippen LogP contribution in [0.15, 0.2) is 54.9 Å². The number of anilines is 1. The summed E-state index contributed by atoms with van der Waals surface area (Å²) in [4.78, 5) is 0. The molecule has 2 aromatic heterocycles. The second kappa shape index (κ2) is 7.61. The SMILES string of the molecule is CCn1cc(-c2ccc3c(c2)C(Nc2ccc(Cl)cc2)CCc2nnc(C)n2-3)cn1. The first kappa shape index (κ1) is 18.9. The van der Waals surface area contributed by atoms with Gasteiger partial charge in [-0.25, -0.2) is 0 Å². The molecule has 2 aromatic carbocycles. The number of aryl methyl sites for hydroxylation is 3. The summed E-state index contributed by atoms with van der Waals surface area (Å²) >= 11 is 6.07. The minimum atomic E-state index is 0.142. The van der Waals surface area contributed by atoms with Crippen LogP contribution in [-0.2, 0) is 13.0 Å². The Kier molecular flexibility index (Phi) is 4.79. The summed E-state index contributed by atoms with van der Waals surface area (Å²) in [6.07, 6.45) is 5.80. The minimum Gasteiger partial charge on any atom is -0.378 e. The van der Waals surface area contributed by atoms with Gasteiger partial charge in [0, 0.05) is 35.4 Å². The fourth-order valence-corrected chi connectivity index (χ4v) is 4.24. The highest BCUT2D eigenvalue weighted by atomic mass is 35.5. The number of nitrogens with one attached hydrogen (secondary N) is 1. The Morgan fingerprint density at radius 1 is 1.10 bits per heavy atom. The van der Waals surface area contributed by atoms with E-state index in [2.05, 4.69) is 56.5 Å². The molecule has 1 N–H and O–H groups in total. The smallest absolute Gasteiger partial charge is 0.137 e. The second-order valence-electron chi connectivity index (χ2n) is 7.60. The van der Waals surface area contributed by atoms with Crippen molar-refractivity contribution in [2.45, 2.75) is 39.3 Å². The van der Waals surface area contributed by atoms with Gasteiger partial charge in [0.15, 0.2) is 0 Å². The molecule has 0 amide bonds. The number of aromatic nitrogens is 5. The topological polar surface area (TPSA) is 60.6 Å². The highest BCUT2D eigenvalue weighted by Crippen LogP contribution is 2.36. The van der Waals surface area contributed by atoms with Crippen LogP contribution in [0.25, 0.3) is 16.8 Å². The van der Waals surface area contributed by atoms with Crippen molar-refractivity contribution < 1.29 is 0 Å². The maximum atomic E-state index is 6.07. The summed E-state index contributed by atoms with van der Waals surface area (Å²) in [6.45, 7) is 4.96. The number of halogens is 1. The predicted octanol–water partition coefficient (Wildman–Crippen LogP) is 5.21. The standard InChI is InChI=1S/C23H23ClN6/c1-3-29-14-17(13-25-29)16-4-10-22-20(12-16)21(26-19-7-5-18(24)6-8-19)9-11-23-28-27-15(2)30(22)23/h4-8,10,12-14,21,26H,3,9,11H2,1-2H3. The largest absolute Gasteiger partial charge is 0.378 e. The number of benzene rings is 2. The van der Waals surface area contributed by atoms with Crippen LogP contribution in [-0.4, -0.2) is 24.5 Å². The molecule has 152 valence electrons. The lowest BCUT2D eigenvalue weighted by Gasteiger charge is -2.22. The molecule has 0 fully saturated rings. The Bertz CT molecular complexity index is 1190. The van der Waals surface area contributed by atoms with Gasteiger partial charge >= 0.3 is 0 Å². The molecule has 0 saturated heterocycles. The maximum Gasteiger partial charge on any atom is 0.137 e. The van der Waals surface area contributed by atoms with Gasteiger partial charge in [0.05, 0.1) is 17.9 Å². The van der Waals surface area contributed by atoms with Crippen LogP contribution in [0, 0.1) is 6.92 Å². The first-order valence-corrected chi connectivity index (χ1v) is 10.6. The van der Waals surface area contributed by atoms with E-state index in [0.29, 0.717) is 0 Å². The van der Waals surface area contributed by atoms with E-state index < -0.39 is 0 Å². The lowest BCUT2D eigenvalue weighted by molar-refractivity contribution is 0.660. The fraction of sp³-hybridized carbons (Fsp3) is 0.261. The number of hydrogen-bond acceptors (Lipinski definition) is 4. The lowest BCUT2D eigenvalue weighted by Crippen LogP contribution is -2.12. The first-order chi connectivity index (χ1) is 14.6. The van der Waals surface area contributed by atoms with Crippen LogP contribution in [0.2, 0.25) is 5.02 Å². The summed E-state index contributed by atoms with van der Waals surface area (Å²) in [5.74, 6) is 1.91. The lowest BCUT2D eigenvalue weighted by atomic mass is 9.97. The summed E-state index contributed by atoms with van der Waals surface area (Å²) in [7, 11) is 0. The number of nitrogens with zero attached hydrogens (tertiary/aromatic N) is 5. The molecule has 7 heteroatoms. The molecule has 1 aliphatic heterocycles. The molecule has 0 bridgehead atoms. The van der Waals surface area contributed by atoms with E-state index in [4.69, 9.17) is 11.6 Å². The molecule has 0 radical (unpaired) electrons. The summed E-state index contributed by atoms with van der Waals surface area (Å²) in [5, 5.41) is 17.6. The van der Waals surface area contributed by atoms with Gasteiger partial charge in [0.25, 0.3) is 0 Å². The zero-order chi connectivity index (χ0) is 20.7. The van der Waals surface area contributed by atoms with Crippen molar-refractivity contribution in [3.63, 3.8) is 0 Å². The third-order valence-corrected chi connectivity index (χ3v) is 5.92. The third-order valence-electron chi connectivity index (χ3n) is 5.67. The zero-order valence-corrected chi connectivity index (χ0v) is 17.8. The third kappa shape index (κ3) is 3.37. The van der Waals surface area contributed by atoms with Crippen LogP contribution in [0.5, 0.6) is 0 Å². The molecular weight excluding hydrogens is 396 g/mol. The Morgan fingerprint density at radius 3 is 2.70 bits per heavy atom. The molecule has 30 heavy (non-hydrogen) atoms. The number of hydrogen-bond donors (Lipinski definition) is 1. The van der Waals surface area contributed by atoms with Gasteiger partial charge in [0.1, 0.15) is 11.6 Å². The fourth-order valence-electron chi connectivity index (χ4n) is 4.11. The van der Waals surface area contributed by atoms with E-state index in [9.17, 15) is 0 Å². The monoisotopic (exact) mass is 418 g/mol. The highest BCUT2D eigenvalue weighted by Gasteiger charge is 2.25. The molecule has 3 heterocycles. The second-order valence-corrected chi connectivity index (χ2v) is 8.04. The van der Waals surface area contributed by atoms with Crippen molar-refractivity contribution in [3.05, 3.63) is 77.1 Å². The Morgan fingerprint density at radius 2 is 1.93 bits per heavy atom. The summed E-state index contributed by atoms with van der Waals surface area (Å²) in [6, 6.07) is 14.6. The molecule has 1 aliphatic rings. The maximum absolute atomic E-state index is 6.07. The molecule has 4 aromatic rings. The molecule has 0 aliphatic carbocycles. The molecule has 5 rings (SSSR count). The highest BCUT2D eigenvalue weighted by molar-refractivity contribution is 6.30. The average molecular weight is 419 g/mol. The van der Waals surface area contributed by atoms with Gasteiger partial charge in [-0.05, 0) is 67.8 Å². The van der Waals surface area contributed by atoms with E-state index in [0.717, 1.165) is 58.6 Å². The van der Waals surface area contributed by atoms with Crippen molar-refractivity contribution in [2.75, 3.05) is 5.32 Å². The van der Waals surface area contributed by atoms with Crippen LogP contribution in [0.3, 0.4) is 0 Å². The van der Waals surface area contributed by atoms with E-state index in [1.165, 1.54) is 5.56 Å². The zero-order valence-electron chi connectivity index (χ0n) is 17.0. The normalized spacial score (nSPS) is 15.4. The Hall–Kier alpha value is -3.12. The van der Waals surface area contributed by atoms with Crippen molar-refractivity contribution in [1.82, 2.24) is 24.5 Å². The van der Waals surface area contributed by atoms with Gasteiger partial charge in [-0.2, -0.15) is 5.10 Å². The van der Waals surface area contributed by atoms with E-state index in [1.807, 2.05) is 42.1 Å². The molecule has 6 nitrogen and oxygen atoms in total. The molecule has 0 spiro atoms. The Balaban J connectivity index is 1.61. The van der Waals surface area contributed by atoms with E-state index >= 15 is 0 Å². The average Bonchev–Trinajstić information content (AvgIpc) is 3.35. The quantitative estimate of drug-likeness (QED) is 0.494. The van der Waals surface area contributed by atoms with E-state index in [-0.39, 0.29) is 6.04 Å². The van der Waals surface area contributed by atoms with Crippen LogP contribution in [0.4, 0.5) is 5.69 Å². The summed E-state index contributed by atoms with van der Waals surface area (Å²) < 4.78 is 4.13. The van der Waals surface area contributed by atoms with Gasteiger partial charge in [0.2, 0.25) is 0 Å². The van der Waals surface area contributed by atoms with Crippen molar-refractivity contribution in [2.24, 2.45) is 0 Å². The molecule has 1 atom stereocenters. The Labute approximate surface area is 180 Å². The minimum absolute atomic E-state index is 0.142. The van der Waals surface area contributed by atoms with Gasteiger partial charge in [-0.3, -0.25) is 9.25 Å². The van der Waals surface area contributed by atoms with Crippen molar-refractivity contribution in [3.8, 4) is 16.8 Å². The van der Waals surface area contributed by atoms with Crippen molar-refractivity contribution >= 4 is 17.3 Å². The van der Waals surface area contributed by atoms with Crippen molar-refractivity contribution in [1.29, 1.82) is 0 Å². The van der Waals surface area contributed by atoms with E-state index in [1.54, 1.807) is 0 Å². The van der Waals surface area contributed by atoms with Gasteiger partial charge < -0.3 is 5.32 Å². The molecule has 0 saturated carbocycles. The molecular formula is C23H23ClN6.